The topological polar surface area (TPSA) is 33.7 Å². The Morgan fingerprint density at radius 3 is 3.05 bits per heavy atom. The lowest BCUT2D eigenvalue weighted by Crippen LogP contribution is -2.31. The third-order valence-corrected chi connectivity index (χ3v) is 4.04. The SMILES string of the molecule is CN(Cc1ccc2c(c1)OCO2)C1CCCNCC1. The van der Waals surface area contributed by atoms with Gasteiger partial charge in [0.25, 0.3) is 0 Å². The van der Waals surface area contributed by atoms with Crippen LogP contribution >= 0.6 is 0 Å². The summed E-state index contributed by atoms with van der Waals surface area (Å²) >= 11 is 0. The van der Waals surface area contributed by atoms with Crippen LogP contribution in [0, 0.1) is 0 Å². The zero-order valence-corrected chi connectivity index (χ0v) is 11.5. The Hall–Kier alpha value is -1.26. The van der Waals surface area contributed by atoms with Gasteiger partial charge in [-0.15, -0.1) is 0 Å². The van der Waals surface area contributed by atoms with Crippen molar-refractivity contribution in [1.29, 1.82) is 0 Å². The summed E-state index contributed by atoms with van der Waals surface area (Å²) in [5.41, 5.74) is 1.30. The fourth-order valence-corrected chi connectivity index (χ4v) is 2.90. The minimum atomic E-state index is 0.350. The number of benzene rings is 1. The zero-order chi connectivity index (χ0) is 13.1. The summed E-state index contributed by atoms with van der Waals surface area (Å²) in [4.78, 5) is 2.46. The Kier molecular flexibility index (Phi) is 3.89. The number of nitrogens with one attached hydrogen (secondary N) is 1. The molecule has 19 heavy (non-hydrogen) atoms. The number of nitrogens with zero attached hydrogens (tertiary/aromatic N) is 1. The average Bonchev–Trinajstić information content (AvgIpc) is 2.71. The Morgan fingerprint density at radius 1 is 1.21 bits per heavy atom. The molecule has 0 spiro atoms. The maximum Gasteiger partial charge on any atom is 0.231 e. The first-order valence-corrected chi connectivity index (χ1v) is 7.12. The number of ether oxygens (including phenoxy) is 2. The molecule has 104 valence electrons. The van der Waals surface area contributed by atoms with E-state index in [-0.39, 0.29) is 0 Å². The number of rotatable bonds is 3. The van der Waals surface area contributed by atoms with Crippen molar-refractivity contribution < 1.29 is 9.47 Å². The third kappa shape index (κ3) is 3.01. The van der Waals surface area contributed by atoms with E-state index in [1.54, 1.807) is 0 Å². The van der Waals surface area contributed by atoms with Crippen molar-refractivity contribution in [1.82, 2.24) is 10.2 Å². The normalized spacial score (nSPS) is 22.5. The van der Waals surface area contributed by atoms with Gasteiger partial charge in [-0.1, -0.05) is 6.07 Å². The van der Waals surface area contributed by atoms with Crippen molar-refractivity contribution in [2.24, 2.45) is 0 Å². The highest BCUT2D eigenvalue weighted by atomic mass is 16.7. The minimum absolute atomic E-state index is 0.350. The molecule has 1 aromatic rings. The molecule has 0 aromatic heterocycles. The fraction of sp³-hybridized carbons (Fsp3) is 0.600. The molecule has 1 unspecified atom stereocenters. The Balaban J connectivity index is 1.63. The molecule has 1 atom stereocenters. The van der Waals surface area contributed by atoms with E-state index in [4.69, 9.17) is 9.47 Å². The second kappa shape index (κ2) is 5.80. The predicted octanol–water partition coefficient (Wildman–Crippen LogP) is 1.99. The van der Waals surface area contributed by atoms with E-state index in [9.17, 15) is 0 Å². The maximum absolute atomic E-state index is 5.44. The van der Waals surface area contributed by atoms with Crippen LogP contribution in [0.5, 0.6) is 11.5 Å². The molecular weight excluding hydrogens is 240 g/mol. The summed E-state index contributed by atoms with van der Waals surface area (Å²) in [6.45, 7) is 3.62. The predicted molar refractivity (Wildman–Crippen MR) is 74.5 cm³/mol. The van der Waals surface area contributed by atoms with E-state index >= 15 is 0 Å². The highest BCUT2D eigenvalue weighted by molar-refractivity contribution is 5.44. The highest BCUT2D eigenvalue weighted by Gasteiger charge is 2.18. The van der Waals surface area contributed by atoms with Gasteiger partial charge in [-0.2, -0.15) is 0 Å². The van der Waals surface area contributed by atoms with Gasteiger partial charge in [0.1, 0.15) is 0 Å². The van der Waals surface area contributed by atoms with Crippen LogP contribution in [0.1, 0.15) is 24.8 Å². The van der Waals surface area contributed by atoms with Gasteiger partial charge in [0.2, 0.25) is 6.79 Å². The molecule has 1 N–H and O–H groups in total. The van der Waals surface area contributed by atoms with Gasteiger partial charge >= 0.3 is 0 Å². The largest absolute Gasteiger partial charge is 0.454 e. The lowest BCUT2D eigenvalue weighted by molar-refractivity contribution is 0.173. The molecule has 0 radical (unpaired) electrons. The number of fused-ring (bicyclic) bond motifs is 1. The Bertz CT molecular complexity index is 428. The Morgan fingerprint density at radius 2 is 2.11 bits per heavy atom. The van der Waals surface area contributed by atoms with E-state index in [0.717, 1.165) is 31.1 Å². The van der Waals surface area contributed by atoms with Crippen LogP contribution in [-0.4, -0.2) is 37.9 Å². The third-order valence-electron chi connectivity index (χ3n) is 4.04. The summed E-state index contributed by atoms with van der Waals surface area (Å²) < 4.78 is 10.8. The van der Waals surface area contributed by atoms with Gasteiger partial charge in [0.05, 0.1) is 0 Å². The first-order chi connectivity index (χ1) is 9.33. The van der Waals surface area contributed by atoms with Gasteiger partial charge in [-0.05, 0) is 57.1 Å². The van der Waals surface area contributed by atoms with E-state index in [2.05, 4.69) is 29.4 Å². The van der Waals surface area contributed by atoms with Crippen molar-refractivity contribution in [3.05, 3.63) is 23.8 Å². The quantitative estimate of drug-likeness (QED) is 0.903. The smallest absolute Gasteiger partial charge is 0.231 e. The van der Waals surface area contributed by atoms with Crippen molar-refractivity contribution in [3.8, 4) is 11.5 Å². The zero-order valence-electron chi connectivity index (χ0n) is 11.5. The fourth-order valence-electron chi connectivity index (χ4n) is 2.90. The van der Waals surface area contributed by atoms with Gasteiger partial charge in [0.15, 0.2) is 11.5 Å². The van der Waals surface area contributed by atoms with Crippen LogP contribution in [0.15, 0.2) is 18.2 Å². The molecule has 4 nitrogen and oxygen atoms in total. The average molecular weight is 262 g/mol. The summed E-state index contributed by atoms with van der Waals surface area (Å²) in [5.74, 6) is 1.75. The molecular formula is C15H22N2O2. The van der Waals surface area contributed by atoms with Crippen molar-refractivity contribution in [2.75, 3.05) is 26.9 Å². The molecule has 1 saturated heterocycles. The lowest BCUT2D eigenvalue weighted by Gasteiger charge is -2.26. The molecule has 2 aliphatic heterocycles. The second-order valence-corrected chi connectivity index (χ2v) is 5.44. The Labute approximate surface area is 114 Å². The van der Waals surface area contributed by atoms with Crippen LogP contribution in [-0.2, 0) is 6.54 Å². The molecule has 2 heterocycles. The summed E-state index contributed by atoms with van der Waals surface area (Å²) in [5, 5.41) is 3.47. The van der Waals surface area contributed by atoms with Crippen molar-refractivity contribution in [3.63, 3.8) is 0 Å². The molecule has 4 heteroatoms. The molecule has 3 rings (SSSR count). The lowest BCUT2D eigenvalue weighted by atomic mass is 10.1. The second-order valence-electron chi connectivity index (χ2n) is 5.44. The summed E-state index contributed by atoms with van der Waals surface area (Å²) in [7, 11) is 2.22. The highest BCUT2D eigenvalue weighted by Crippen LogP contribution is 2.33. The van der Waals surface area contributed by atoms with Crippen molar-refractivity contribution >= 4 is 0 Å². The van der Waals surface area contributed by atoms with E-state index in [1.807, 2.05) is 6.07 Å². The standard InChI is InChI=1S/C15H22N2O2/c1-17(13-3-2-7-16-8-6-13)10-12-4-5-14-15(9-12)19-11-18-14/h4-5,9,13,16H,2-3,6-8,10-11H2,1H3. The minimum Gasteiger partial charge on any atom is -0.454 e. The molecule has 2 aliphatic rings. The van der Waals surface area contributed by atoms with E-state index < -0.39 is 0 Å². The molecule has 0 saturated carbocycles. The van der Waals surface area contributed by atoms with Crippen LogP contribution in [0.4, 0.5) is 0 Å². The van der Waals surface area contributed by atoms with Crippen LogP contribution in [0.25, 0.3) is 0 Å². The summed E-state index contributed by atoms with van der Waals surface area (Å²) in [6, 6.07) is 6.94. The monoisotopic (exact) mass is 262 g/mol. The molecule has 0 aliphatic carbocycles. The van der Waals surface area contributed by atoms with Gasteiger partial charge in [-0.25, -0.2) is 0 Å². The molecule has 0 amide bonds. The van der Waals surface area contributed by atoms with Crippen LogP contribution in [0.2, 0.25) is 0 Å². The maximum atomic E-state index is 5.44. The summed E-state index contributed by atoms with van der Waals surface area (Å²) in [6.07, 6.45) is 3.80. The van der Waals surface area contributed by atoms with Crippen molar-refractivity contribution in [2.45, 2.75) is 31.8 Å². The van der Waals surface area contributed by atoms with Crippen LogP contribution < -0.4 is 14.8 Å². The van der Waals surface area contributed by atoms with E-state index in [1.165, 1.54) is 24.8 Å². The van der Waals surface area contributed by atoms with Gasteiger partial charge in [0, 0.05) is 12.6 Å². The van der Waals surface area contributed by atoms with Gasteiger partial charge in [-0.3, -0.25) is 4.90 Å². The van der Waals surface area contributed by atoms with E-state index in [0.29, 0.717) is 12.8 Å². The number of hydrogen-bond donors (Lipinski definition) is 1. The first kappa shape index (κ1) is 12.8. The first-order valence-electron chi connectivity index (χ1n) is 7.12. The van der Waals surface area contributed by atoms with Crippen LogP contribution in [0.3, 0.4) is 0 Å². The molecule has 1 fully saturated rings. The van der Waals surface area contributed by atoms with Gasteiger partial charge < -0.3 is 14.8 Å². The molecule has 0 bridgehead atoms. The molecule has 1 aromatic carbocycles. The number of hydrogen-bond acceptors (Lipinski definition) is 4.